The summed E-state index contributed by atoms with van der Waals surface area (Å²) in [4.78, 5) is 2.52. The van der Waals surface area contributed by atoms with Crippen molar-refractivity contribution in [3.05, 3.63) is 35.4 Å². The predicted molar refractivity (Wildman–Crippen MR) is 77.8 cm³/mol. The third-order valence-electron chi connectivity index (χ3n) is 3.73. The van der Waals surface area contributed by atoms with Gasteiger partial charge in [0.25, 0.3) is 0 Å². The van der Waals surface area contributed by atoms with Gasteiger partial charge in [-0.15, -0.1) is 0 Å². The van der Waals surface area contributed by atoms with E-state index in [1.165, 1.54) is 5.56 Å². The Labute approximate surface area is 116 Å². The zero-order chi connectivity index (χ0) is 13.7. The fraction of sp³-hybridized carbons (Fsp3) is 0.562. The average Bonchev–Trinajstić information content (AvgIpc) is 2.45. The van der Waals surface area contributed by atoms with E-state index >= 15 is 0 Å². The second kappa shape index (κ2) is 6.70. The van der Waals surface area contributed by atoms with Crippen molar-refractivity contribution in [1.82, 2.24) is 10.2 Å². The van der Waals surface area contributed by atoms with Gasteiger partial charge in [-0.3, -0.25) is 4.90 Å². The molecule has 19 heavy (non-hydrogen) atoms. The maximum atomic E-state index is 9.32. The van der Waals surface area contributed by atoms with Crippen molar-refractivity contribution in [1.29, 1.82) is 5.26 Å². The van der Waals surface area contributed by atoms with Gasteiger partial charge in [0.05, 0.1) is 11.6 Å². The van der Waals surface area contributed by atoms with Crippen LogP contribution in [0.25, 0.3) is 0 Å². The van der Waals surface area contributed by atoms with E-state index in [-0.39, 0.29) is 0 Å². The number of benzene rings is 1. The smallest absolute Gasteiger partial charge is 0.0995 e. The normalized spacial score (nSPS) is 18.2. The predicted octanol–water partition coefficient (Wildman–Crippen LogP) is 2.55. The summed E-state index contributed by atoms with van der Waals surface area (Å²) in [6.07, 6.45) is 1.11. The average molecular weight is 257 g/mol. The van der Waals surface area contributed by atoms with Gasteiger partial charge in [0.2, 0.25) is 0 Å². The summed E-state index contributed by atoms with van der Waals surface area (Å²) < 4.78 is 0. The Bertz CT molecular complexity index is 442. The van der Waals surface area contributed by atoms with Crippen LogP contribution >= 0.6 is 0 Å². The molecule has 1 fully saturated rings. The third kappa shape index (κ3) is 3.56. The summed E-state index contributed by atoms with van der Waals surface area (Å²) in [7, 11) is 0. The molecule has 1 aromatic rings. The van der Waals surface area contributed by atoms with Gasteiger partial charge in [-0.25, -0.2) is 0 Å². The summed E-state index contributed by atoms with van der Waals surface area (Å²) in [6.45, 7) is 8.73. The molecule has 1 atom stereocenters. The van der Waals surface area contributed by atoms with Crippen molar-refractivity contribution in [3.63, 3.8) is 0 Å². The molecular formula is C16H23N3. The van der Waals surface area contributed by atoms with Gasteiger partial charge >= 0.3 is 0 Å². The van der Waals surface area contributed by atoms with Crippen molar-refractivity contribution in [2.75, 3.05) is 26.2 Å². The molecule has 1 aromatic carbocycles. The second-order valence-electron chi connectivity index (χ2n) is 5.63. The van der Waals surface area contributed by atoms with Crippen LogP contribution in [-0.4, -0.2) is 31.1 Å². The van der Waals surface area contributed by atoms with E-state index in [1.54, 1.807) is 0 Å². The molecule has 0 saturated carbocycles. The molecular weight excluding hydrogens is 234 g/mol. The highest BCUT2D eigenvalue weighted by atomic mass is 15.2. The van der Waals surface area contributed by atoms with Crippen LogP contribution < -0.4 is 5.32 Å². The van der Waals surface area contributed by atoms with Crippen molar-refractivity contribution in [3.8, 4) is 6.07 Å². The maximum absolute atomic E-state index is 9.32. The van der Waals surface area contributed by atoms with Crippen LogP contribution in [0.5, 0.6) is 0 Å². The van der Waals surface area contributed by atoms with Crippen molar-refractivity contribution >= 4 is 0 Å². The Hall–Kier alpha value is -1.37. The monoisotopic (exact) mass is 257 g/mol. The van der Waals surface area contributed by atoms with Crippen LogP contribution in [0, 0.1) is 17.2 Å². The van der Waals surface area contributed by atoms with Crippen LogP contribution in [-0.2, 0) is 0 Å². The van der Waals surface area contributed by atoms with Crippen LogP contribution in [0.3, 0.4) is 0 Å². The van der Waals surface area contributed by atoms with E-state index in [2.05, 4.69) is 36.2 Å². The summed E-state index contributed by atoms with van der Waals surface area (Å²) in [5, 5.41) is 12.7. The number of piperazine rings is 1. The van der Waals surface area contributed by atoms with E-state index in [0.29, 0.717) is 12.0 Å². The third-order valence-corrected chi connectivity index (χ3v) is 3.73. The minimum Gasteiger partial charge on any atom is -0.314 e. The number of hydrogen-bond donors (Lipinski definition) is 1. The summed E-state index contributed by atoms with van der Waals surface area (Å²) >= 11 is 0. The van der Waals surface area contributed by atoms with Gasteiger partial charge in [-0.05, 0) is 24.0 Å². The van der Waals surface area contributed by atoms with Crippen LogP contribution in [0.4, 0.5) is 0 Å². The molecule has 1 aliphatic heterocycles. The highest BCUT2D eigenvalue weighted by Gasteiger charge is 2.24. The maximum Gasteiger partial charge on any atom is 0.0995 e. The molecule has 0 bridgehead atoms. The molecule has 1 saturated heterocycles. The standard InChI is InChI=1S/C16H23N3/c1-13(2)11-16(19-9-7-18-8-10-19)15-6-4-3-5-14(15)12-17/h3-6,13,16,18H,7-11H2,1-2H3/t16-/m1/s1. The summed E-state index contributed by atoms with van der Waals surface area (Å²) in [5.74, 6) is 0.631. The highest BCUT2D eigenvalue weighted by molar-refractivity contribution is 5.39. The number of nitrogens with one attached hydrogen (secondary N) is 1. The molecule has 0 spiro atoms. The molecule has 1 aliphatic rings. The second-order valence-corrected chi connectivity index (χ2v) is 5.63. The largest absolute Gasteiger partial charge is 0.314 e. The lowest BCUT2D eigenvalue weighted by atomic mass is 9.92. The SMILES string of the molecule is CC(C)C[C@H](c1ccccc1C#N)N1CCNCC1. The minimum atomic E-state index is 0.373. The molecule has 3 heteroatoms. The van der Waals surface area contributed by atoms with Gasteiger partial charge < -0.3 is 5.32 Å². The van der Waals surface area contributed by atoms with E-state index in [1.807, 2.05) is 18.2 Å². The van der Waals surface area contributed by atoms with Gasteiger partial charge in [0.15, 0.2) is 0 Å². The van der Waals surface area contributed by atoms with E-state index in [0.717, 1.165) is 38.2 Å². The summed E-state index contributed by atoms with van der Waals surface area (Å²) in [6, 6.07) is 10.8. The molecule has 0 aliphatic carbocycles. The lowest BCUT2D eigenvalue weighted by molar-refractivity contribution is 0.154. The molecule has 0 aromatic heterocycles. The Morgan fingerprint density at radius 1 is 1.26 bits per heavy atom. The van der Waals surface area contributed by atoms with Crippen molar-refractivity contribution < 1.29 is 0 Å². The van der Waals surface area contributed by atoms with Crippen LogP contribution in [0.1, 0.15) is 37.4 Å². The lowest BCUT2D eigenvalue weighted by Crippen LogP contribution is -2.45. The highest BCUT2D eigenvalue weighted by Crippen LogP contribution is 2.30. The molecule has 0 amide bonds. The van der Waals surface area contributed by atoms with E-state index < -0.39 is 0 Å². The Morgan fingerprint density at radius 2 is 1.95 bits per heavy atom. The minimum absolute atomic E-state index is 0.373. The van der Waals surface area contributed by atoms with Gasteiger partial charge in [0.1, 0.15) is 0 Å². The number of nitrogens with zero attached hydrogens (tertiary/aromatic N) is 2. The van der Waals surface area contributed by atoms with Crippen molar-refractivity contribution in [2.24, 2.45) is 5.92 Å². The van der Waals surface area contributed by atoms with Gasteiger partial charge in [-0.1, -0.05) is 32.0 Å². The molecule has 102 valence electrons. The number of hydrogen-bond acceptors (Lipinski definition) is 3. The Kier molecular flexibility index (Phi) is 4.95. The number of nitriles is 1. The van der Waals surface area contributed by atoms with Crippen LogP contribution in [0.15, 0.2) is 24.3 Å². The molecule has 2 rings (SSSR count). The number of rotatable bonds is 4. The first-order valence-corrected chi connectivity index (χ1v) is 7.16. The zero-order valence-corrected chi connectivity index (χ0v) is 11.9. The van der Waals surface area contributed by atoms with E-state index in [4.69, 9.17) is 0 Å². The lowest BCUT2D eigenvalue weighted by Gasteiger charge is -2.36. The van der Waals surface area contributed by atoms with Crippen LogP contribution in [0.2, 0.25) is 0 Å². The van der Waals surface area contributed by atoms with Gasteiger partial charge in [0, 0.05) is 32.2 Å². The first-order valence-electron chi connectivity index (χ1n) is 7.16. The Morgan fingerprint density at radius 3 is 2.58 bits per heavy atom. The van der Waals surface area contributed by atoms with Gasteiger partial charge in [-0.2, -0.15) is 5.26 Å². The molecule has 1 heterocycles. The molecule has 1 N–H and O–H groups in total. The first-order chi connectivity index (χ1) is 9.22. The zero-order valence-electron chi connectivity index (χ0n) is 11.9. The quantitative estimate of drug-likeness (QED) is 0.901. The fourth-order valence-electron chi connectivity index (χ4n) is 2.80. The Balaban J connectivity index is 2.28. The molecule has 3 nitrogen and oxygen atoms in total. The van der Waals surface area contributed by atoms with E-state index in [9.17, 15) is 5.26 Å². The van der Waals surface area contributed by atoms with Crippen molar-refractivity contribution in [2.45, 2.75) is 26.3 Å². The summed E-state index contributed by atoms with van der Waals surface area (Å²) in [5.41, 5.74) is 2.02. The molecule has 0 unspecified atom stereocenters. The fourth-order valence-corrected chi connectivity index (χ4v) is 2.80. The topological polar surface area (TPSA) is 39.1 Å². The molecule has 0 radical (unpaired) electrons. The first kappa shape index (κ1) is 14.0.